The number of pyridine rings is 1. The predicted molar refractivity (Wildman–Crippen MR) is 139 cm³/mol. The minimum Gasteiger partial charge on any atom is -0.351 e. The van der Waals surface area contributed by atoms with E-state index in [1.807, 2.05) is 54.1 Å². The van der Waals surface area contributed by atoms with Gasteiger partial charge in [0, 0.05) is 46.1 Å². The van der Waals surface area contributed by atoms with E-state index in [0.717, 1.165) is 32.8 Å². The Kier molecular flexibility index (Phi) is 5.89. The fourth-order valence-electron chi connectivity index (χ4n) is 4.32. The van der Waals surface area contributed by atoms with Crippen molar-refractivity contribution >= 4 is 44.6 Å². The molecule has 2 atom stereocenters. The zero-order valence-corrected chi connectivity index (χ0v) is 20.5. The lowest BCUT2D eigenvalue weighted by Gasteiger charge is -2.29. The van der Waals surface area contributed by atoms with Gasteiger partial charge in [0.2, 0.25) is 0 Å². The summed E-state index contributed by atoms with van der Waals surface area (Å²) in [4.78, 5) is 17.5. The van der Waals surface area contributed by atoms with Crippen molar-refractivity contribution in [2.45, 2.75) is 19.0 Å². The Labute approximate surface area is 210 Å². The molecule has 34 heavy (non-hydrogen) atoms. The van der Waals surface area contributed by atoms with Crippen molar-refractivity contribution in [2.24, 2.45) is 0 Å². The van der Waals surface area contributed by atoms with Crippen LogP contribution in [0.1, 0.15) is 29.0 Å². The number of aromatic nitrogens is 2. The molecule has 9 heteroatoms. The van der Waals surface area contributed by atoms with E-state index in [4.69, 9.17) is 12.2 Å². The van der Waals surface area contributed by atoms with E-state index in [0.29, 0.717) is 5.11 Å². The largest absolute Gasteiger partial charge is 0.351 e. The lowest BCUT2D eigenvalue weighted by molar-refractivity contribution is -0.384. The van der Waals surface area contributed by atoms with E-state index in [1.165, 1.54) is 12.1 Å². The van der Waals surface area contributed by atoms with Gasteiger partial charge in [-0.2, -0.15) is 0 Å². The van der Waals surface area contributed by atoms with E-state index < -0.39 is 4.92 Å². The van der Waals surface area contributed by atoms with Crippen LogP contribution < -0.4 is 10.2 Å². The van der Waals surface area contributed by atoms with Crippen molar-refractivity contribution in [2.75, 3.05) is 4.90 Å². The average Bonchev–Trinajstić information content (AvgIpc) is 3.46. The van der Waals surface area contributed by atoms with Crippen LogP contribution in [0.5, 0.6) is 0 Å². The molecule has 1 N–H and O–H groups in total. The Balaban J connectivity index is 1.65. The van der Waals surface area contributed by atoms with E-state index in [1.54, 1.807) is 18.3 Å². The molecule has 0 radical (unpaired) electrons. The van der Waals surface area contributed by atoms with Gasteiger partial charge in [0.15, 0.2) is 5.11 Å². The molecule has 170 valence electrons. The standard InChI is InChI=1S/C25H20BrN5O2S/c1-16-15-19(11-12-20(16)26)30-24(23(28-25(30)34)21-5-2-3-13-27-21)22-6-4-14-29(22)17-7-9-18(10-8-17)31(32)33/h2-15,23-24H,1H3,(H,28,34). The lowest BCUT2D eigenvalue weighted by atomic mass is 10.0. The van der Waals surface area contributed by atoms with Crippen molar-refractivity contribution in [1.29, 1.82) is 0 Å². The van der Waals surface area contributed by atoms with Crippen LogP contribution in [-0.2, 0) is 0 Å². The summed E-state index contributed by atoms with van der Waals surface area (Å²) in [5, 5.41) is 15.2. The van der Waals surface area contributed by atoms with E-state index >= 15 is 0 Å². The smallest absolute Gasteiger partial charge is 0.269 e. The van der Waals surface area contributed by atoms with E-state index in [9.17, 15) is 10.1 Å². The number of anilines is 1. The molecule has 1 aliphatic rings. The van der Waals surface area contributed by atoms with Crippen molar-refractivity contribution in [1.82, 2.24) is 14.9 Å². The SMILES string of the molecule is Cc1cc(N2C(=S)NC(c3ccccn3)C2c2cccn2-c2ccc([N+](=O)[O-])cc2)ccc1Br. The Hall–Kier alpha value is -3.56. The van der Waals surface area contributed by atoms with Crippen molar-refractivity contribution in [3.63, 3.8) is 0 Å². The van der Waals surface area contributed by atoms with Crippen LogP contribution in [0.3, 0.4) is 0 Å². The van der Waals surface area contributed by atoms with Crippen molar-refractivity contribution < 1.29 is 4.92 Å². The maximum absolute atomic E-state index is 11.1. The van der Waals surface area contributed by atoms with Gasteiger partial charge >= 0.3 is 0 Å². The van der Waals surface area contributed by atoms with Crippen LogP contribution in [0, 0.1) is 17.0 Å². The van der Waals surface area contributed by atoms with E-state index in [2.05, 4.69) is 43.3 Å². The highest BCUT2D eigenvalue weighted by atomic mass is 79.9. The molecule has 0 amide bonds. The number of nitro groups is 1. The molecule has 2 aromatic carbocycles. The number of hydrogen-bond acceptors (Lipinski definition) is 4. The van der Waals surface area contributed by atoms with Crippen molar-refractivity contribution in [3.8, 4) is 5.69 Å². The van der Waals surface area contributed by atoms with Gasteiger partial charge in [-0.05, 0) is 79.3 Å². The summed E-state index contributed by atoms with van der Waals surface area (Å²) in [5.41, 5.74) is 4.82. The van der Waals surface area contributed by atoms with Crippen LogP contribution in [0.15, 0.2) is 89.7 Å². The summed E-state index contributed by atoms with van der Waals surface area (Å²) >= 11 is 9.41. The number of non-ortho nitro benzene ring substituents is 1. The number of halogens is 1. The first-order valence-electron chi connectivity index (χ1n) is 10.6. The highest BCUT2D eigenvalue weighted by Crippen LogP contribution is 2.42. The van der Waals surface area contributed by atoms with Gasteiger partial charge in [0.25, 0.3) is 5.69 Å². The molecule has 0 saturated carbocycles. The van der Waals surface area contributed by atoms with Crippen LogP contribution >= 0.6 is 28.1 Å². The minimum absolute atomic E-state index is 0.0551. The highest BCUT2D eigenvalue weighted by molar-refractivity contribution is 9.10. The molecular formula is C25H20BrN5O2S. The van der Waals surface area contributed by atoms with Gasteiger partial charge in [-0.15, -0.1) is 0 Å². The first-order valence-corrected chi connectivity index (χ1v) is 11.8. The molecular weight excluding hydrogens is 514 g/mol. The molecule has 7 nitrogen and oxygen atoms in total. The number of nitrogens with one attached hydrogen (secondary N) is 1. The predicted octanol–water partition coefficient (Wildman–Crippen LogP) is 6.03. The number of thiocarbonyl (C=S) groups is 1. The molecule has 1 aliphatic heterocycles. The van der Waals surface area contributed by atoms with Gasteiger partial charge < -0.3 is 14.8 Å². The number of nitrogens with zero attached hydrogens (tertiary/aromatic N) is 4. The second kappa shape index (κ2) is 9.00. The third kappa shape index (κ3) is 3.97. The molecule has 2 aromatic heterocycles. The fraction of sp³-hybridized carbons (Fsp3) is 0.120. The molecule has 1 fully saturated rings. The maximum Gasteiger partial charge on any atom is 0.269 e. The molecule has 0 bridgehead atoms. The topological polar surface area (TPSA) is 76.2 Å². The first kappa shape index (κ1) is 22.2. The van der Waals surface area contributed by atoms with Crippen LogP contribution in [0.2, 0.25) is 0 Å². The summed E-state index contributed by atoms with van der Waals surface area (Å²) in [6.07, 6.45) is 3.73. The maximum atomic E-state index is 11.1. The number of hydrogen-bond donors (Lipinski definition) is 1. The second-order valence-electron chi connectivity index (χ2n) is 8.01. The first-order chi connectivity index (χ1) is 16.4. The average molecular weight is 534 g/mol. The number of aryl methyl sites for hydroxylation is 1. The molecule has 0 spiro atoms. The summed E-state index contributed by atoms with van der Waals surface area (Å²) < 4.78 is 3.07. The van der Waals surface area contributed by atoms with Crippen LogP contribution in [0.25, 0.3) is 5.69 Å². The summed E-state index contributed by atoms with van der Waals surface area (Å²) in [6, 6.07) is 22.2. The number of benzene rings is 2. The molecule has 0 aliphatic carbocycles. The number of nitro benzene ring substituents is 1. The van der Waals surface area contributed by atoms with Gasteiger partial charge in [-0.3, -0.25) is 15.1 Å². The Morgan fingerprint density at radius 2 is 1.82 bits per heavy atom. The van der Waals surface area contributed by atoms with Gasteiger partial charge in [-0.1, -0.05) is 22.0 Å². The Morgan fingerprint density at radius 3 is 2.50 bits per heavy atom. The summed E-state index contributed by atoms with van der Waals surface area (Å²) in [6.45, 7) is 2.05. The number of rotatable bonds is 5. The van der Waals surface area contributed by atoms with Gasteiger partial charge in [0.05, 0.1) is 16.7 Å². The fourth-order valence-corrected chi connectivity index (χ4v) is 4.91. The normalized spacial score (nSPS) is 17.6. The van der Waals surface area contributed by atoms with E-state index in [-0.39, 0.29) is 17.8 Å². The molecule has 3 heterocycles. The van der Waals surface area contributed by atoms with Gasteiger partial charge in [0.1, 0.15) is 6.04 Å². The Morgan fingerprint density at radius 1 is 1.06 bits per heavy atom. The molecule has 4 aromatic rings. The zero-order valence-electron chi connectivity index (χ0n) is 18.1. The molecule has 5 rings (SSSR count). The van der Waals surface area contributed by atoms with Crippen molar-refractivity contribution in [3.05, 3.63) is 117 Å². The van der Waals surface area contributed by atoms with Gasteiger partial charge in [-0.25, -0.2) is 0 Å². The lowest BCUT2D eigenvalue weighted by Crippen LogP contribution is -2.30. The quantitative estimate of drug-likeness (QED) is 0.192. The minimum atomic E-state index is -0.394. The molecule has 1 saturated heterocycles. The summed E-state index contributed by atoms with van der Waals surface area (Å²) in [5.74, 6) is 0. The highest BCUT2D eigenvalue weighted by Gasteiger charge is 2.42. The zero-order chi connectivity index (χ0) is 23.8. The monoisotopic (exact) mass is 533 g/mol. The van der Waals surface area contributed by atoms with Crippen LogP contribution in [-0.4, -0.2) is 19.6 Å². The Bertz CT molecular complexity index is 1370. The molecule has 2 unspecified atom stereocenters. The van der Waals surface area contributed by atoms with Crippen LogP contribution in [0.4, 0.5) is 11.4 Å². The third-order valence-electron chi connectivity index (χ3n) is 5.94. The third-order valence-corrected chi connectivity index (χ3v) is 7.14. The second-order valence-corrected chi connectivity index (χ2v) is 9.25. The summed E-state index contributed by atoms with van der Waals surface area (Å²) in [7, 11) is 0.